The van der Waals surface area contributed by atoms with E-state index in [1.54, 1.807) is 20.1 Å². The molecule has 0 heterocycles. The predicted molar refractivity (Wildman–Crippen MR) is 82.0 cm³/mol. The largest absolute Gasteiger partial charge is 0.497 e. The van der Waals surface area contributed by atoms with Crippen LogP contribution in [0.15, 0.2) is 47.3 Å². The molecule has 0 saturated heterocycles. The van der Waals surface area contributed by atoms with E-state index in [0.29, 0.717) is 0 Å². The number of allylic oxidation sites excluding steroid dienone is 2. The van der Waals surface area contributed by atoms with E-state index in [1.807, 2.05) is 37.3 Å². The molecule has 0 atom stereocenters. The molecule has 0 aromatic heterocycles. The molecule has 0 fully saturated rings. The third-order valence-corrected chi connectivity index (χ3v) is 2.36. The molecule has 0 spiro atoms. The van der Waals surface area contributed by atoms with Gasteiger partial charge in [-0.2, -0.15) is 0 Å². The van der Waals surface area contributed by atoms with Crippen molar-refractivity contribution in [3.63, 3.8) is 0 Å². The normalized spacial score (nSPS) is 11.9. The van der Waals surface area contributed by atoms with Gasteiger partial charge in [-0.05, 0) is 37.1 Å². The number of hydrogen-bond acceptors (Lipinski definition) is 5. The van der Waals surface area contributed by atoms with Crippen molar-refractivity contribution in [1.29, 1.82) is 0 Å². The number of nitrogens with zero attached hydrogens (tertiary/aromatic N) is 1. The highest BCUT2D eigenvalue weighted by Crippen LogP contribution is 2.13. The zero-order chi connectivity index (χ0) is 15.5. The van der Waals surface area contributed by atoms with Crippen molar-refractivity contribution < 1.29 is 19.1 Å². The first-order chi connectivity index (χ1) is 10.2. The Hall–Kier alpha value is -2.56. The lowest BCUT2D eigenvalue weighted by Gasteiger charge is -2.00. The first kappa shape index (κ1) is 16.5. The minimum absolute atomic E-state index is 0.226. The molecule has 1 aromatic carbocycles. The van der Waals surface area contributed by atoms with Crippen LogP contribution in [0.5, 0.6) is 5.75 Å². The van der Waals surface area contributed by atoms with Gasteiger partial charge in [0.15, 0.2) is 0 Å². The van der Waals surface area contributed by atoms with Crippen LogP contribution in [0.25, 0.3) is 6.08 Å². The lowest BCUT2D eigenvalue weighted by Crippen LogP contribution is -2.07. The molecule has 0 N–H and O–H groups in total. The Morgan fingerprint density at radius 2 is 2.00 bits per heavy atom. The van der Waals surface area contributed by atoms with Crippen LogP contribution >= 0.6 is 0 Å². The summed E-state index contributed by atoms with van der Waals surface area (Å²) in [7, 11) is 1.63. The fourth-order valence-corrected chi connectivity index (χ4v) is 1.39. The van der Waals surface area contributed by atoms with Gasteiger partial charge < -0.3 is 14.3 Å². The second kappa shape index (κ2) is 9.36. The number of carbonyl (C=O) groups excluding carboxylic acids is 1. The summed E-state index contributed by atoms with van der Waals surface area (Å²) in [6.07, 6.45) is 6.38. The molecular weight excluding hydrogens is 270 g/mol. The molecule has 0 unspecified atom stereocenters. The van der Waals surface area contributed by atoms with Crippen molar-refractivity contribution in [3.8, 4) is 5.75 Å². The highest BCUT2D eigenvalue weighted by Gasteiger charge is 1.99. The van der Waals surface area contributed by atoms with Crippen LogP contribution in [0.1, 0.15) is 19.4 Å². The van der Waals surface area contributed by atoms with Crippen molar-refractivity contribution in [2.45, 2.75) is 13.8 Å². The number of methoxy groups -OCH3 is 1. The summed E-state index contributed by atoms with van der Waals surface area (Å²) in [6, 6.07) is 7.63. The molecule has 0 aliphatic carbocycles. The summed E-state index contributed by atoms with van der Waals surface area (Å²) in [5.74, 6) is 0.309. The maximum absolute atomic E-state index is 11.1. The van der Waals surface area contributed by atoms with E-state index in [1.165, 1.54) is 12.5 Å². The van der Waals surface area contributed by atoms with E-state index in [0.717, 1.165) is 16.9 Å². The Kier molecular flexibility index (Phi) is 7.35. The number of esters is 1. The van der Waals surface area contributed by atoms with Gasteiger partial charge in [-0.15, -0.1) is 0 Å². The van der Waals surface area contributed by atoms with Crippen LogP contribution in [0, 0.1) is 0 Å². The lowest BCUT2D eigenvalue weighted by atomic mass is 10.1. The van der Waals surface area contributed by atoms with Crippen LogP contribution in [0.4, 0.5) is 0 Å². The average molecular weight is 289 g/mol. The average Bonchev–Trinajstić information content (AvgIpc) is 2.50. The van der Waals surface area contributed by atoms with Crippen molar-refractivity contribution in [2.75, 3.05) is 13.7 Å². The molecule has 0 aliphatic heterocycles. The lowest BCUT2D eigenvalue weighted by molar-refractivity contribution is -0.143. The van der Waals surface area contributed by atoms with Crippen molar-refractivity contribution in [1.82, 2.24) is 0 Å². The number of benzene rings is 1. The Morgan fingerprint density at radius 1 is 1.29 bits per heavy atom. The van der Waals surface area contributed by atoms with Gasteiger partial charge in [0.2, 0.25) is 6.61 Å². The molecule has 1 rings (SSSR count). The molecular formula is C16H19NO4. The zero-order valence-corrected chi connectivity index (χ0v) is 12.4. The predicted octanol–water partition coefficient (Wildman–Crippen LogP) is 3.18. The highest BCUT2D eigenvalue weighted by atomic mass is 16.6. The van der Waals surface area contributed by atoms with Gasteiger partial charge in [-0.25, -0.2) is 4.79 Å². The van der Waals surface area contributed by atoms with E-state index in [-0.39, 0.29) is 6.61 Å². The van der Waals surface area contributed by atoms with Crippen LogP contribution in [-0.2, 0) is 14.4 Å². The van der Waals surface area contributed by atoms with Crippen LogP contribution in [0.3, 0.4) is 0 Å². The number of ether oxygens (including phenoxy) is 2. The van der Waals surface area contributed by atoms with E-state index in [9.17, 15) is 4.79 Å². The Labute approximate surface area is 124 Å². The van der Waals surface area contributed by atoms with Gasteiger partial charge >= 0.3 is 5.97 Å². The molecule has 0 bridgehead atoms. The summed E-state index contributed by atoms with van der Waals surface area (Å²) in [5, 5.41) is 3.71. The van der Waals surface area contributed by atoms with Gasteiger partial charge in [0.1, 0.15) is 5.75 Å². The highest BCUT2D eigenvalue weighted by molar-refractivity contribution is 5.84. The first-order valence-electron chi connectivity index (χ1n) is 6.44. The summed E-state index contributed by atoms with van der Waals surface area (Å²) < 4.78 is 9.76. The molecule has 0 amide bonds. The van der Waals surface area contributed by atoms with Gasteiger partial charge in [-0.3, -0.25) is 0 Å². The molecule has 0 radical (unpaired) electrons. The van der Waals surface area contributed by atoms with Crippen LogP contribution < -0.4 is 4.74 Å². The van der Waals surface area contributed by atoms with E-state index >= 15 is 0 Å². The summed E-state index contributed by atoms with van der Waals surface area (Å²) in [6.45, 7) is 3.41. The Morgan fingerprint density at radius 3 is 2.62 bits per heavy atom. The van der Waals surface area contributed by atoms with Crippen LogP contribution in [0.2, 0.25) is 0 Å². The van der Waals surface area contributed by atoms with Gasteiger partial charge in [0.25, 0.3) is 0 Å². The fraction of sp³-hybridized carbons (Fsp3) is 0.250. The molecule has 5 heteroatoms. The summed E-state index contributed by atoms with van der Waals surface area (Å²) in [4.78, 5) is 15.9. The smallest absolute Gasteiger partial charge is 0.351 e. The number of rotatable bonds is 7. The number of oxime groups is 1. The topological polar surface area (TPSA) is 57.1 Å². The van der Waals surface area contributed by atoms with Gasteiger partial charge in [0, 0.05) is 0 Å². The first-order valence-corrected chi connectivity index (χ1v) is 6.44. The maximum Gasteiger partial charge on any atom is 0.351 e. The second-order valence-electron chi connectivity index (χ2n) is 4.13. The second-order valence-corrected chi connectivity index (χ2v) is 4.13. The molecule has 5 nitrogen and oxygen atoms in total. The van der Waals surface area contributed by atoms with Crippen molar-refractivity contribution in [3.05, 3.63) is 47.7 Å². The molecule has 0 aliphatic rings. The molecule has 112 valence electrons. The Balaban J connectivity index is 2.43. The summed E-state index contributed by atoms with van der Waals surface area (Å²) >= 11 is 0. The molecule has 21 heavy (non-hydrogen) atoms. The van der Waals surface area contributed by atoms with Crippen LogP contribution in [-0.4, -0.2) is 25.9 Å². The minimum Gasteiger partial charge on any atom is -0.497 e. The molecule has 1 aromatic rings. The SMILES string of the molecule is C/C=C\OC(=O)CO/N=C/C(C)=C/c1ccc(OC)cc1. The van der Waals surface area contributed by atoms with Gasteiger partial charge in [-0.1, -0.05) is 29.4 Å². The fourth-order valence-electron chi connectivity index (χ4n) is 1.39. The summed E-state index contributed by atoms with van der Waals surface area (Å²) in [5.41, 5.74) is 1.91. The van der Waals surface area contributed by atoms with Crippen molar-refractivity contribution >= 4 is 18.3 Å². The maximum atomic E-state index is 11.1. The standard InChI is InChI=1S/C16H19NO4/c1-4-9-20-16(18)12-21-17-11-13(2)10-14-5-7-15(19-3)8-6-14/h4-11H,12H2,1-3H3/b9-4-,13-10+,17-11+. The Bertz CT molecular complexity index is 530. The van der Waals surface area contributed by atoms with Crippen molar-refractivity contribution in [2.24, 2.45) is 5.16 Å². The quantitative estimate of drug-likeness (QED) is 0.335. The van der Waals surface area contributed by atoms with E-state index in [4.69, 9.17) is 9.57 Å². The van der Waals surface area contributed by atoms with E-state index in [2.05, 4.69) is 9.89 Å². The minimum atomic E-state index is -0.498. The number of hydrogen-bond donors (Lipinski definition) is 0. The number of carbonyl (C=O) groups is 1. The zero-order valence-electron chi connectivity index (χ0n) is 12.4. The third kappa shape index (κ3) is 6.96. The molecule has 0 saturated carbocycles. The van der Waals surface area contributed by atoms with Gasteiger partial charge in [0.05, 0.1) is 19.6 Å². The van der Waals surface area contributed by atoms with E-state index < -0.39 is 5.97 Å². The monoisotopic (exact) mass is 289 g/mol. The third-order valence-electron chi connectivity index (χ3n) is 2.36.